The second-order valence-corrected chi connectivity index (χ2v) is 6.43. The molecular formula is C18H30O6. The molecule has 0 aliphatic heterocycles. The second kappa shape index (κ2) is 9.99. The zero-order valence-corrected chi connectivity index (χ0v) is 14.8. The molecule has 0 heterocycles. The van der Waals surface area contributed by atoms with Gasteiger partial charge in [-0.2, -0.15) is 0 Å². The second-order valence-electron chi connectivity index (χ2n) is 6.43. The van der Waals surface area contributed by atoms with Crippen LogP contribution in [-0.2, 0) is 28.5 Å². The van der Waals surface area contributed by atoms with Crippen LogP contribution in [0.5, 0.6) is 0 Å². The molecule has 0 N–H and O–H groups in total. The molecular weight excluding hydrogens is 312 g/mol. The maximum atomic E-state index is 12.4. The van der Waals surface area contributed by atoms with Crippen molar-refractivity contribution in [2.45, 2.75) is 89.6 Å². The van der Waals surface area contributed by atoms with E-state index in [0.29, 0.717) is 0 Å². The molecule has 6 heteroatoms. The quantitative estimate of drug-likeness (QED) is 0.600. The van der Waals surface area contributed by atoms with Gasteiger partial charge in [-0.25, -0.2) is 9.59 Å². The van der Waals surface area contributed by atoms with E-state index in [-0.39, 0.29) is 25.4 Å². The summed E-state index contributed by atoms with van der Waals surface area (Å²) < 4.78 is 22.2. The topological polar surface area (TPSA) is 71.1 Å². The summed E-state index contributed by atoms with van der Waals surface area (Å²) in [6.07, 6.45) is 5.75. The van der Waals surface area contributed by atoms with Crippen molar-refractivity contribution in [3.8, 4) is 0 Å². The van der Waals surface area contributed by atoms with Gasteiger partial charge in [0.1, 0.15) is 0 Å². The van der Waals surface area contributed by atoms with E-state index in [0.717, 1.165) is 51.4 Å². The van der Waals surface area contributed by atoms with Crippen LogP contribution < -0.4 is 0 Å². The molecule has 0 saturated heterocycles. The first kappa shape index (κ1) is 19.2. The Morgan fingerprint density at radius 2 is 1.08 bits per heavy atom. The summed E-state index contributed by atoms with van der Waals surface area (Å²) >= 11 is 0. The maximum Gasteiger partial charge on any atom is 0.338 e. The lowest BCUT2D eigenvalue weighted by molar-refractivity contribution is -0.193. The first-order valence-electron chi connectivity index (χ1n) is 9.29. The smallest absolute Gasteiger partial charge is 0.338 e. The Hall–Kier alpha value is -1.14. The molecule has 0 bridgehead atoms. The zero-order chi connectivity index (χ0) is 17.4. The van der Waals surface area contributed by atoms with Crippen molar-refractivity contribution in [3.05, 3.63) is 0 Å². The van der Waals surface area contributed by atoms with Crippen LogP contribution in [0.3, 0.4) is 0 Å². The molecule has 0 aromatic heterocycles. The van der Waals surface area contributed by atoms with Gasteiger partial charge in [0.05, 0.1) is 25.4 Å². The third-order valence-corrected chi connectivity index (χ3v) is 4.60. The third-order valence-electron chi connectivity index (χ3n) is 4.60. The van der Waals surface area contributed by atoms with E-state index in [4.69, 9.17) is 18.9 Å². The highest BCUT2D eigenvalue weighted by Gasteiger charge is 2.41. The highest BCUT2D eigenvalue weighted by molar-refractivity contribution is 5.85. The van der Waals surface area contributed by atoms with Crippen molar-refractivity contribution in [1.82, 2.24) is 0 Å². The molecule has 24 heavy (non-hydrogen) atoms. The number of carbonyl (C=O) groups excluding carboxylic acids is 2. The van der Waals surface area contributed by atoms with E-state index in [2.05, 4.69) is 0 Å². The van der Waals surface area contributed by atoms with E-state index in [1.807, 2.05) is 0 Å². The minimum atomic E-state index is -1.05. The molecule has 138 valence electrons. The normalized spacial score (nSPS) is 21.6. The Morgan fingerprint density at radius 1 is 0.750 bits per heavy atom. The van der Waals surface area contributed by atoms with E-state index in [1.165, 1.54) is 0 Å². The molecule has 0 spiro atoms. The molecule has 2 fully saturated rings. The van der Waals surface area contributed by atoms with Gasteiger partial charge in [0.2, 0.25) is 0 Å². The fraction of sp³-hybridized carbons (Fsp3) is 0.889. The molecule has 2 rings (SSSR count). The summed E-state index contributed by atoms with van der Waals surface area (Å²) in [5, 5.41) is 0. The van der Waals surface area contributed by atoms with Crippen LogP contribution in [0.4, 0.5) is 0 Å². The lowest BCUT2D eigenvalue weighted by Gasteiger charge is -2.28. The molecule has 0 aromatic carbocycles. The maximum absolute atomic E-state index is 12.4. The average molecular weight is 342 g/mol. The highest BCUT2D eigenvalue weighted by atomic mass is 16.6. The molecule has 6 nitrogen and oxygen atoms in total. The summed E-state index contributed by atoms with van der Waals surface area (Å²) in [6, 6.07) is 0. The van der Waals surface area contributed by atoms with Crippen LogP contribution in [0, 0.1) is 0 Å². The summed E-state index contributed by atoms with van der Waals surface area (Å²) in [4.78, 5) is 24.8. The van der Waals surface area contributed by atoms with Crippen LogP contribution in [0.15, 0.2) is 0 Å². The fourth-order valence-corrected chi connectivity index (χ4v) is 3.41. The van der Waals surface area contributed by atoms with Gasteiger partial charge in [-0.05, 0) is 39.5 Å². The SMILES string of the molecule is CCOC(=O)C(OC1CCCC1)C(OC1CCCC1)C(=O)OCC. The number of carbonyl (C=O) groups is 2. The first-order valence-corrected chi connectivity index (χ1v) is 9.29. The highest BCUT2D eigenvalue weighted by Crippen LogP contribution is 2.27. The summed E-state index contributed by atoms with van der Waals surface area (Å²) in [6.45, 7) is 3.95. The lowest BCUT2D eigenvalue weighted by Crippen LogP contribution is -2.48. The van der Waals surface area contributed by atoms with Crippen molar-refractivity contribution < 1.29 is 28.5 Å². The Kier molecular flexibility index (Phi) is 7.99. The summed E-state index contributed by atoms with van der Waals surface area (Å²) in [5.74, 6) is -1.08. The van der Waals surface area contributed by atoms with Gasteiger partial charge >= 0.3 is 11.9 Å². The molecule has 0 amide bonds. The molecule has 2 aliphatic rings. The Bertz CT molecular complexity index is 360. The standard InChI is InChI=1S/C18H30O6/c1-3-21-17(19)15(23-13-9-5-6-10-13)16(18(20)22-4-2)24-14-11-7-8-12-14/h13-16H,3-12H2,1-2H3. The summed E-state index contributed by atoms with van der Waals surface area (Å²) in [7, 11) is 0. The van der Waals surface area contributed by atoms with Gasteiger partial charge in [-0.3, -0.25) is 0 Å². The zero-order valence-electron chi connectivity index (χ0n) is 14.8. The molecule has 2 aliphatic carbocycles. The van der Waals surface area contributed by atoms with Crippen molar-refractivity contribution in [2.75, 3.05) is 13.2 Å². The van der Waals surface area contributed by atoms with Gasteiger partial charge in [0, 0.05) is 0 Å². The third kappa shape index (κ3) is 5.45. The van der Waals surface area contributed by atoms with Crippen LogP contribution in [0.25, 0.3) is 0 Å². The van der Waals surface area contributed by atoms with E-state index < -0.39 is 24.1 Å². The predicted molar refractivity (Wildman–Crippen MR) is 87.5 cm³/mol. The average Bonchev–Trinajstić information content (AvgIpc) is 3.24. The number of ether oxygens (including phenoxy) is 4. The van der Waals surface area contributed by atoms with Gasteiger partial charge in [-0.1, -0.05) is 25.7 Å². The van der Waals surface area contributed by atoms with Crippen molar-refractivity contribution in [1.29, 1.82) is 0 Å². The van der Waals surface area contributed by atoms with E-state index in [9.17, 15) is 9.59 Å². The van der Waals surface area contributed by atoms with Crippen molar-refractivity contribution >= 4 is 11.9 Å². The monoisotopic (exact) mass is 342 g/mol. The van der Waals surface area contributed by atoms with Crippen LogP contribution in [0.2, 0.25) is 0 Å². The minimum absolute atomic E-state index is 0.0245. The number of esters is 2. The van der Waals surface area contributed by atoms with Gasteiger partial charge < -0.3 is 18.9 Å². The lowest BCUT2D eigenvalue weighted by atomic mass is 10.1. The van der Waals surface area contributed by atoms with Crippen molar-refractivity contribution in [3.63, 3.8) is 0 Å². The molecule has 0 radical (unpaired) electrons. The first-order chi connectivity index (χ1) is 11.7. The largest absolute Gasteiger partial charge is 0.464 e. The molecule has 2 saturated carbocycles. The van der Waals surface area contributed by atoms with Gasteiger partial charge in [-0.15, -0.1) is 0 Å². The Morgan fingerprint density at radius 3 is 1.38 bits per heavy atom. The Balaban J connectivity index is 2.12. The molecule has 0 aromatic rings. The summed E-state index contributed by atoms with van der Waals surface area (Å²) in [5.41, 5.74) is 0. The predicted octanol–water partition coefficient (Wildman–Crippen LogP) is 2.77. The number of rotatable bonds is 9. The molecule has 2 atom stereocenters. The van der Waals surface area contributed by atoms with Crippen LogP contribution in [-0.4, -0.2) is 49.6 Å². The molecule has 2 unspecified atom stereocenters. The number of hydrogen-bond donors (Lipinski definition) is 0. The van der Waals surface area contributed by atoms with Gasteiger partial charge in [0.15, 0.2) is 12.2 Å². The van der Waals surface area contributed by atoms with Crippen molar-refractivity contribution in [2.24, 2.45) is 0 Å². The van der Waals surface area contributed by atoms with Crippen LogP contribution in [0.1, 0.15) is 65.2 Å². The van der Waals surface area contributed by atoms with E-state index in [1.54, 1.807) is 13.8 Å². The fourth-order valence-electron chi connectivity index (χ4n) is 3.41. The number of hydrogen-bond acceptors (Lipinski definition) is 6. The van der Waals surface area contributed by atoms with E-state index >= 15 is 0 Å². The Labute approximate surface area is 144 Å². The minimum Gasteiger partial charge on any atom is -0.464 e. The van der Waals surface area contributed by atoms with Crippen LogP contribution >= 0.6 is 0 Å². The van der Waals surface area contributed by atoms with Gasteiger partial charge in [0.25, 0.3) is 0 Å².